The molecule has 4 heteroatoms. The van der Waals surface area contributed by atoms with Gasteiger partial charge in [0.1, 0.15) is 5.01 Å². The van der Waals surface area contributed by atoms with E-state index < -0.39 is 0 Å². The molecule has 0 N–H and O–H groups in total. The number of rotatable bonds is 5. The number of nitrogens with zero attached hydrogens (tertiary/aromatic N) is 2. The zero-order valence-electron chi connectivity index (χ0n) is 12.5. The van der Waals surface area contributed by atoms with Crippen LogP contribution in [0.1, 0.15) is 29.8 Å². The van der Waals surface area contributed by atoms with Crippen molar-refractivity contribution in [3.63, 3.8) is 0 Å². The summed E-state index contributed by atoms with van der Waals surface area (Å²) in [6, 6.07) is 10.9. The summed E-state index contributed by atoms with van der Waals surface area (Å²) < 4.78 is 0. The van der Waals surface area contributed by atoms with Crippen molar-refractivity contribution >= 4 is 23.3 Å². The highest BCUT2D eigenvalue weighted by molar-refractivity contribution is 7.10. The minimum absolute atomic E-state index is 0.116. The van der Waals surface area contributed by atoms with Gasteiger partial charge in [0.15, 0.2) is 0 Å². The van der Waals surface area contributed by atoms with Crippen LogP contribution in [0.5, 0.6) is 0 Å². The fraction of sp³-hybridized carbons (Fsp3) is 0.333. The Balaban J connectivity index is 1.57. The highest BCUT2D eigenvalue weighted by atomic mass is 32.1. The third-order valence-corrected chi connectivity index (χ3v) is 4.83. The van der Waals surface area contributed by atoms with Crippen LogP contribution in [0.15, 0.2) is 48.0 Å². The highest BCUT2D eigenvalue weighted by Crippen LogP contribution is 2.22. The third-order valence-electron chi connectivity index (χ3n) is 4.09. The number of carbonyl (C=O) groups excluding carboxylic acids is 1. The summed E-state index contributed by atoms with van der Waals surface area (Å²) in [7, 11) is 0. The van der Waals surface area contributed by atoms with Gasteiger partial charge in [-0.2, -0.15) is 0 Å². The molecule has 1 aromatic heterocycles. The van der Waals surface area contributed by atoms with E-state index in [2.05, 4.69) is 29.2 Å². The SMILES string of the molecule is O=C(/C=C\c1nccs1)N1CCC[C@H]1CCc1ccccc1. The fourth-order valence-electron chi connectivity index (χ4n) is 2.96. The molecule has 0 unspecified atom stereocenters. The number of thiazole rings is 1. The highest BCUT2D eigenvalue weighted by Gasteiger charge is 2.26. The van der Waals surface area contributed by atoms with E-state index in [-0.39, 0.29) is 5.91 Å². The van der Waals surface area contributed by atoms with E-state index in [1.807, 2.05) is 22.4 Å². The van der Waals surface area contributed by atoms with E-state index >= 15 is 0 Å². The summed E-state index contributed by atoms with van der Waals surface area (Å²) in [5.41, 5.74) is 1.35. The Kier molecular flexibility index (Phi) is 5.01. The van der Waals surface area contributed by atoms with Crippen LogP contribution >= 0.6 is 11.3 Å². The Morgan fingerprint density at radius 2 is 2.23 bits per heavy atom. The van der Waals surface area contributed by atoms with E-state index in [4.69, 9.17) is 0 Å². The number of aryl methyl sites for hydroxylation is 1. The Labute approximate surface area is 135 Å². The van der Waals surface area contributed by atoms with Gasteiger partial charge in [0, 0.05) is 30.2 Å². The van der Waals surface area contributed by atoms with E-state index in [9.17, 15) is 4.79 Å². The lowest BCUT2D eigenvalue weighted by Gasteiger charge is -2.23. The summed E-state index contributed by atoms with van der Waals surface area (Å²) in [4.78, 5) is 18.6. The number of hydrogen-bond acceptors (Lipinski definition) is 3. The molecule has 2 aromatic rings. The van der Waals surface area contributed by atoms with Crippen molar-refractivity contribution in [2.24, 2.45) is 0 Å². The van der Waals surface area contributed by atoms with Crippen molar-refractivity contribution in [3.8, 4) is 0 Å². The van der Waals surface area contributed by atoms with Gasteiger partial charge < -0.3 is 4.90 Å². The molecule has 1 aliphatic heterocycles. The molecular weight excluding hydrogens is 292 g/mol. The second-order valence-corrected chi connectivity index (χ2v) is 6.48. The summed E-state index contributed by atoms with van der Waals surface area (Å²) in [5, 5.41) is 2.80. The number of hydrogen-bond donors (Lipinski definition) is 0. The van der Waals surface area contributed by atoms with Crippen LogP contribution in [0.4, 0.5) is 0 Å². The van der Waals surface area contributed by atoms with E-state index in [1.165, 1.54) is 5.56 Å². The van der Waals surface area contributed by atoms with Gasteiger partial charge in [-0.25, -0.2) is 4.98 Å². The average molecular weight is 312 g/mol. The smallest absolute Gasteiger partial charge is 0.246 e. The quantitative estimate of drug-likeness (QED) is 0.787. The van der Waals surface area contributed by atoms with Crippen LogP contribution in [0.2, 0.25) is 0 Å². The number of aromatic nitrogens is 1. The standard InChI is InChI=1S/C18H20N2OS/c21-18(11-10-17-19-12-14-22-17)20-13-4-7-16(20)9-8-15-5-2-1-3-6-15/h1-3,5-6,10-12,14,16H,4,7-9,13H2/b11-10-/t16-/m0/s1. The van der Waals surface area contributed by atoms with Crippen LogP contribution in [-0.2, 0) is 11.2 Å². The molecule has 0 aliphatic carbocycles. The van der Waals surface area contributed by atoms with Gasteiger partial charge in [-0.05, 0) is 37.3 Å². The Bertz CT molecular complexity index is 622. The average Bonchev–Trinajstić information content (AvgIpc) is 3.23. The molecule has 3 nitrogen and oxygen atoms in total. The molecule has 2 heterocycles. The second-order valence-electron chi connectivity index (χ2n) is 5.56. The van der Waals surface area contributed by atoms with Crippen molar-refractivity contribution in [3.05, 3.63) is 58.6 Å². The maximum absolute atomic E-state index is 12.4. The van der Waals surface area contributed by atoms with Gasteiger partial charge in [0.25, 0.3) is 0 Å². The minimum atomic E-state index is 0.116. The number of benzene rings is 1. The number of carbonyl (C=O) groups is 1. The lowest BCUT2D eigenvalue weighted by atomic mass is 10.0. The molecule has 3 rings (SSSR count). The molecule has 0 spiro atoms. The van der Waals surface area contributed by atoms with Crippen molar-refractivity contribution in [1.82, 2.24) is 9.88 Å². The molecule has 0 radical (unpaired) electrons. The molecule has 1 aromatic carbocycles. The molecule has 1 amide bonds. The maximum Gasteiger partial charge on any atom is 0.246 e. The lowest BCUT2D eigenvalue weighted by Crippen LogP contribution is -2.34. The molecule has 1 aliphatic rings. The summed E-state index contributed by atoms with van der Waals surface area (Å²) in [6.07, 6.45) is 9.54. The Morgan fingerprint density at radius 3 is 3.00 bits per heavy atom. The Hall–Kier alpha value is -1.94. The van der Waals surface area contributed by atoms with Gasteiger partial charge in [-0.15, -0.1) is 11.3 Å². The molecule has 1 atom stereocenters. The van der Waals surface area contributed by atoms with Gasteiger partial charge in [0.05, 0.1) is 0 Å². The zero-order chi connectivity index (χ0) is 15.2. The molecule has 114 valence electrons. The van der Waals surface area contributed by atoms with Gasteiger partial charge in [-0.1, -0.05) is 30.3 Å². The third kappa shape index (κ3) is 3.83. The normalized spacial score (nSPS) is 18.2. The molecule has 0 bridgehead atoms. The van der Waals surface area contributed by atoms with E-state index in [1.54, 1.807) is 23.6 Å². The predicted octanol–water partition coefficient (Wildman–Crippen LogP) is 3.78. The Morgan fingerprint density at radius 1 is 1.36 bits per heavy atom. The first-order chi connectivity index (χ1) is 10.8. The zero-order valence-corrected chi connectivity index (χ0v) is 13.3. The lowest BCUT2D eigenvalue weighted by molar-refractivity contribution is -0.126. The van der Waals surface area contributed by atoms with Gasteiger partial charge in [0.2, 0.25) is 5.91 Å². The first-order valence-electron chi connectivity index (χ1n) is 7.75. The maximum atomic E-state index is 12.4. The number of amides is 1. The molecule has 0 saturated carbocycles. The predicted molar refractivity (Wildman–Crippen MR) is 90.6 cm³/mol. The van der Waals surface area contributed by atoms with Crippen LogP contribution in [0.25, 0.3) is 6.08 Å². The summed E-state index contributed by atoms with van der Waals surface area (Å²) in [6.45, 7) is 0.875. The van der Waals surface area contributed by atoms with Crippen molar-refractivity contribution in [2.75, 3.05) is 6.54 Å². The second kappa shape index (κ2) is 7.36. The van der Waals surface area contributed by atoms with Crippen LogP contribution in [0.3, 0.4) is 0 Å². The first kappa shape index (κ1) is 15.0. The van der Waals surface area contributed by atoms with Crippen LogP contribution in [-0.4, -0.2) is 28.4 Å². The summed E-state index contributed by atoms with van der Waals surface area (Å²) in [5.74, 6) is 0.116. The van der Waals surface area contributed by atoms with Crippen LogP contribution < -0.4 is 0 Å². The van der Waals surface area contributed by atoms with E-state index in [0.717, 1.165) is 37.2 Å². The van der Waals surface area contributed by atoms with Crippen LogP contribution in [0, 0.1) is 0 Å². The molecule has 1 fully saturated rings. The van der Waals surface area contributed by atoms with Gasteiger partial charge >= 0.3 is 0 Å². The molecular formula is C18H20N2OS. The van der Waals surface area contributed by atoms with Crippen molar-refractivity contribution in [1.29, 1.82) is 0 Å². The van der Waals surface area contributed by atoms with E-state index in [0.29, 0.717) is 6.04 Å². The van der Waals surface area contributed by atoms with Crippen molar-refractivity contribution in [2.45, 2.75) is 31.7 Å². The number of likely N-dealkylation sites (tertiary alicyclic amines) is 1. The minimum Gasteiger partial charge on any atom is -0.336 e. The monoisotopic (exact) mass is 312 g/mol. The first-order valence-corrected chi connectivity index (χ1v) is 8.63. The molecule has 1 saturated heterocycles. The van der Waals surface area contributed by atoms with Gasteiger partial charge in [-0.3, -0.25) is 4.79 Å². The largest absolute Gasteiger partial charge is 0.336 e. The molecule has 22 heavy (non-hydrogen) atoms. The summed E-state index contributed by atoms with van der Waals surface area (Å²) >= 11 is 1.55. The fourth-order valence-corrected chi connectivity index (χ4v) is 3.49. The topological polar surface area (TPSA) is 33.2 Å². The van der Waals surface area contributed by atoms with Crippen molar-refractivity contribution < 1.29 is 4.79 Å².